The molecule has 0 aliphatic carbocycles. The molecule has 8 heteroatoms. The normalized spacial score (nSPS) is 10.2. The minimum absolute atomic E-state index is 0.131. The molecule has 0 atom stereocenters. The highest BCUT2D eigenvalue weighted by atomic mass is 19.3. The lowest BCUT2D eigenvalue weighted by molar-refractivity contribution is -0.123. The van der Waals surface area contributed by atoms with Gasteiger partial charge in [-0.2, -0.15) is 0 Å². The summed E-state index contributed by atoms with van der Waals surface area (Å²) in [6.45, 7) is -1.25. The molecule has 0 radical (unpaired) electrons. The maximum absolute atomic E-state index is 12.1. The predicted molar refractivity (Wildman–Crippen MR) is 68.6 cm³/mol. The minimum Gasteiger partial charge on any atom is -0.485 e. The van der Waals surface area contributed by atoms with E-state index in [2.05, 4.69) is 10.6 Å². The summed E-state index contributed by atoms with van der Waals surface area (Å²) in [6.07, 6.45) is -2.61. The van der Waals surface area contributed by atoms with E-state index in [0.717, 1.165) is 0 Å². The first-order chi connectivity index (χ1) is 9.52. The average Bonchev–Trinajstić information content (AvgIpc) is 2.43. The number of nitrogens with one attached hydrogen (secondary N) is 2. The summed E-state index contributed by atoms with van der Waals surface area (Å²) < 4.78 is 29.1. The Labute approximate surface area is 114 Å². The van der Waals surface area contributed by atoms with E-state index in [4.69, 9.17) is 10.5 Å². The quantitative estimate of drug-likeness (QED) is 0.674. The Morgan fingerprint density at radius 2 is 1.95 bits per heavy atom. The van der Waals surface area contributed by atoms with Crippen molar-refractivity contribution in [3.63, 3.8) is 0 Å². The van der Waals surface area contributed by atoms with Crippen LogP contribution >= 0.6 is 0 Å². The number of amides is 2. The standard InChI is InChI=1S/C12H15F2N3O3/c13-10(14)7-20-9-4-2-1-3-8(9)17-12(19)6-16-11(18)5-15/h1-4,10H,5-7,15H2,(H,16,18)(H,17,19). The number of hydrogen-bond acceptors (Lipinski definition) is 4. The van der Waals surface area contributed by atoms with Gasteiger partial charge in [0, 0.05) is 0 Å². The largest absolute Gasteiger partial charge is 0.485 e. The van der Waals surface area contributed by atoms with Crippen molar-refractivity contribution < 1.29 is 23.1 Å². The summed E-state index contributed by atoms with van der Waals surface area (Å²) in [5.74, 6) is -0.853. The van der Waals surface area contributed by atoms with Crippen LogP contribution in [0.2, 0.25) is 0 Å². The zero-order valence-corrected chi connectivity index (χ0v) is 10.6. The van der Waals surface area contributed by atoms with Gasteiger partial charge in [0.25, 0.3) is 6.43 Å². The fourth-order valence-corrected chi connectivity index (χ4v) is 1.29. The second kappa shape index (κ2) is 8.05. The Morgan fingerprint density at radius 1 is 1.25 bits per heavy atom. The molecule has 1 aromatic rings. The van der Waals surface area contributed by atoms with Crippen LogP contribution in [0.5, 0.6) is 5.75 Å². The third-order valence-electron chi connectivity index (χ3n) is 2.16. The summed E-state index contributed by atoms with van der Waals surface area (Å²) in [5, 5.41) is 4.73. The topological polar surface area (TPSA) is 93.5 Å². The van der Waals surface area contributed by atoms with Crippen molar-refractivity contribution in [2.75, 3.05) is 25.0 Å². The Balaban J connectivity index is 2.57. The van der Waals surface area contributed by atoms with Crippen molar-refractivity contribution in [3.05, 3.63) is 24.3 Å². The van der Waals surface area contributed by atoms with E-state index in [0.29, 0.717) is 0 Å². The molecule has 1 aromatic carbocycles. The summed E-state index contributed by atoms with van der Waals surface area (Å²) in [5.41, 5.74) is 5.32. The zero-order chi connectivity index (χ0) is 15.0. The number of benzene rings is 1. The molecule has 1 rings (SSSR count). The summed E-state index contributed by atoms with van der Waals surface area (Å²) in [7, 11) is 0. The van der Waals surface area contributed by atoms with Crippen LogP contribution in [0.3, 0.4) is 0 Å². The molecule has 0 saturated heterocycles. The van der Waals surface area contributed by atoms with Crippen LogP contribution in [0.1, 0.15) is 0 Å². The lowest BCUT2D eigenvalue weighted by atomic mass is 10.3. The van der Waals surface area contributed by atoms with Crippen LogP contribution in [-0.2, 0) is 9.59 Å². The average molecular weight is 287 g/mol. The zero-order valence-electron chi connectivity index (χ0n) is 10.6. The molecule has 20 heavy (non-hydrogen) atoms. The number of para-hydroxylation sites is 2. The van der Waals surface area contributed by atoms with Crippen LogP contribution in [0.15, 0.2) is 24.3 Å². The highest BCUT2D eigenvalue weighted by Gasteiger charge is 2.10. The van der Waals surface area contributed by atoms with Gasteiger partial charge in [0.2, 0.25) is 11.8 Å². The molecule has 0 aromatic heterocycles. The fourth-order valence-electron chi connectivity index (χ4n) is 1.29. The van der Waals surface area contributed by atoms with Crippen molar-refractivity contribution in [2.45, 2.75) is 6.43 Å². The summed E-state index contributed by atoms with van der Waals surface area (Å²) in [4.78, 5) is 22.4. The lowest BCUT2D eigenvalue weighted by Gasteiger charge is -2.12. The molecule has 6 nitrogen and oxygen atoms in total. The third-order valence-corrected chi connectivity index (χ3v) is 2.16. The molecule has 0 heterocycles. The minimum atomic E-state index is -2.61. The number of halogens is 2. The van der Waals surface area contributed by atoms with Gasteiger partial charge in [-0.1, -0.05) is 12.1 Å². The molecule has 2 amide bonds. The fraction of sp³-hybridized carbons (Fsp3) is 0.333. The molecule has 4 N–H and O–H groups in total. The van der Waals surface area contributed by atoms with Gasteiger partial charge >= 0.3 is 0 Å². The number of carbonyl (C=O) groups excluding carboxylic acids is 2. The molecule has 0 aliphatic heterocycles. The summed E-state index contributed by atoms with van der Waals surface area (Å²) >= 11 is 0. The number of nitrogens with two attached hydrogens (primary N) is 1. The van der Waals surface area contributed by atoms with Crippen LogP contribution in [0.4, 0.5) is 14.5 Å². The molecule has 0 bridgehead atoms. The lowest BCUT2D eigenvalue weighted by Crippen LogP contribution is -2.36. The van der Waals surface area contributed by atoms with E-state index in [1.165, 1.54) is 12.1 Å². The Bertz CT molecular complexity index is 469. The predicted octanol–water partition coefficient (Wildman–Crippen LogP) is 0.344. The van der Waals surface area contributed by atoms with Gasteiger partial charge in [0.05, 0.1) is 18.8 Å². The molecular formula is C12H15F2N3O3. The van der Waals surface area contributed by atoms with Crippen molar-refractivity contribution >= 4 is 17.5 Å². The molecule has 0 saturated carbocycles. The van der Waals surface area contributed by atoms with Crippen molar-refractivity contribution in [2.24, 2.45) is 5.73 Å². The van der Waals surface area contributed by atoms with Crippen molar-refractivity contribution in [3.8, 4) is 5.75 Å². The number of alkyl halides is 2. The second-order valence-electron chi connectivity index (χ2n) is 3.73. The van der Waals surface area contributed by atoms with Crippen molar-refractivity contribution in [1.82, 2.24) is 5.32 Å². The van der Waals surface area contributed by atoms with E-state index < -0.39 is 24.8 Å². The highest BCUT2D eigenvalue weighted by Crippen LogP contribution is 2.23. The van der Waals surface area contributed by atoms with Gasteiger partial charge in [-0.05, 0) is 12.1 Å². The van der Waals surface area contributed by atoms with Gasteiger partial charge in [-0.3, -0.25) is 9.59 Å². The Kier molecular flexibility index (Phi) is 6.38. The Hall–Kier alpha value is -2.22. The molecule has 0 unspecified atom stereocenters. The van der Waals surface area contributed by atoms with Crippen LogP contribution in [0.25, 0.3) is 0 Å². The SMILES string of the molecule is NCC(=O)NCC(=O)Nc1ccccc1OCC(F)F. The van der Waals surface area contributed by atoms with Crippen LogP contribution < -0.4 is 21.1 Å². The van der Waals surface area contributed by atoms with Gasteiger partial charge in [-0.15, -0.1) is 0 Å². The van der Waals surface area contributed by atoms with E-state index in [1.54, 1.807) is 12.1 Å². The van der Waals surface area contributed by atoms with Gasteiger partial charge in [-0.25, -0.2) is 8.78 Å². The second-order valence-corrected chi connectivity index (χ2v) is 3.73. The van der Waals surface area contributed by atoms with Gasteiger partial charge < -0.3 is 21.1 Å². The van der Waals surface area contributed by atoms with E-state index >= 15 is 0 Å². The van der Waals surface area contributed by atoms with Gasteiger partial charge in [0.1, 0.15) is 12.4 Å². The number of hydrogen-bond donors (Lipinski definition) is 3. The highest BCUT2D eigenvalue weighted by molar-refractivity contribution is 5.95. The first-order valence-corrected chi connectivity index (χ1v) is 5.79. The van der Waals surface area contributed by atoms with E-state index in [-0.39, 0.29) is 24.5 Å². The van der Waals surface area contributed by atoms with Gasteiger partial charge in [0.15, 0.2) is 0 Å². The first-order valence-electron chi connectivity index (χ1n) is 5.79. The maximum Gasteiger partial charge on any atom is 0.272 e. The van der Waals surface area contributed by atoms with E-state index in [9.17, 15) is 18.4 Å². The number of carbonyl (C=O) groups is 2. The number of rotatable bonds is 7. The molecule has 110 valence electrons. The monoisotopic (exact) mass is 287 g/mol. The van der Waals surface area contributed by atoms with Crippen LogP contribution in [-0.4, -0.2) is 37.9 Å². The molecular weight excluding hydrogens is 272 g/mol. The molecule has 0 spiro atoms. The smallest absolute Gasteiger partial charge is 0.272 e. The molecule has 0 aliphatic rings. The third kappa shape index (κ3) is 5.61. The Morgan fingerprint density at radius 3 is 2.60 bits per heavy atom. The molecule has 0 fully saturated rings. The maximum atomic E-state index is 12.1. The van der Waals surface area contributed by atoms with E-state index in [1.807, 2.05) is 0 Å². The first kappa shape index (κ1) is 15.8. The summed E-state index contributed by atoms with van der Waals surface area (Å²) in [6, 6.07) is 6.16. The van der Waals surface area contributed by atoms with Crippen LogP contribution in [0, 0.1) is 0 Å². The van der Waals surface area contributed by atoms with Crippen molar-refractivity contribution in [1.29, 1.82) is 0 Å². The number of anilines is 1. The number of ether oxygens (including phenoxy) is 1.